The summed E-state index contributed by atoms with van der Waals surface area (Å²) in [5.41, 5.74) is 1.87. The Balaban J connectivity index is 1.89. The molecule has 0 fully saturated rings. The zero-order chi connectivity index (χ0) is 17.2. The van der Waals surface area contributed by atoms with Gasteiger partial charge in [-0.25, -0.2) is 5.09 Å². The molecule has 1 aromatic heterocycles. The summed E-state index contributed by atoms with van der Waals surface area (Å²) in [5.74, 6) is -1.21. The van der Waals surface area contributed by atoms with E-state index in [1.807, 2.05) is 18.2 Å². The molecule has 3 rings (SSSR count). The molecule has 0 saturated carbocycles. The van der Waals surface area contributed by atoms with Crippen molar-refractivity contribution in [3.63, 3.8) is 0 Å². The van der Waals surface area contributed by atoms with E-state index in [4.69, 9.17) is 0 Å². The van der Waals surface area contributed by atoms with Crippen LogP contribution in [0, 0.1) is 0 Å². The Morgan fingerprint density at radius 1 is 1.12 bits per heavy atom. The van der Waals surface area contributed by atoms with E-state index in [2.05, 4.69) is 10.1 Å². The van der Waals surface area contributed by atoms with Crippen LogP contribution in [0.15, 0.2) is 60.8 Å². The number of nitrogens with one attached hydrogen (secondary N) is 2. The number of carbonyl (C=O) groups is 1. The Morgan fingerprint density at radius 3 is 2.50 bits per heavy atom. The summed E-state index contributed by atoms with van der Waals surface area (Å²) in [6.07, 6.45) is 1.42. The van der Waals surface area contributed by atoms with Gasteiger partial charge in [0.15, 0.2) is 0 Å². The normalized spacial score (nSPS) is 15.0. The number of aromatic amines is 1. The summed E-state index contributed by atoms with van der Waals surface area (Å²) in [6, 6.07) is 14.7. The first-order chi connectivity index (χ1) is 11.5. The van der Waals surface area contributed by atoms with Crippen molar-refractivity contribution >= 4 is 24.4 Å². The van der Waals surface area contributed by atoms with Crippen molar-refractivity contribution < 1.29 is 19.4 Å². The Bertz CT molecular complexity index is 907. The lowest BCUT2D eigenvalue weighted by Gasteiger charge is -2.19. The molecule has 0 aliphatic rings. The predicted molar refractivity (Wildman–Crippen MR) is 91.8 cm³/mol. The van der Waals surface area contributed by atoms with Crippen molar-refractivity contribution in [1.82, 2.24) is 10.1 Å². The van der Waals surface area contributed by atoms with E-state index in [1.165, 1.54) is 0 Å². The van der Waals surface area contributed by atoms with Crippen LogP contribution in [-0.2, 0) is 15.5 Å². The first-order valence-corrected chi connectivity index (χ1v) is 9.23. The van der Waals surface area contributed by atoms with Gasteiger partial charge in [-0.2, -0.15) is 0 Å². The summed E-state index contributed by atoms with van der Waals surface area (Å²) in [7, 11) is -3.89. The van der Waals surface area contributed by atoms with E-state index in [1.54, 1.807) is 42.6 Å². The quantitative estimate of drug-likeness (QED) is 0.514. The topological polar surface area (TPSA) is 102 Å². The number of fused-ring (bicyclic) bond motifs is 1. The fourth-order valence-electron chi connectivity index (χ4n) is 2.67. The maximum atomic E-state index is 12.5. The fraction of sp³-hybridized carbons (Fsp3) is 0.118. The van der Waals surface area contributed by atoms with Crippen molar-refractivity contribution in [2.75, 3.05) is 0 Å². The molecule has 3 aromatic rings. The summed E-state index contributed by atoms with van der Waals surface area (Å²) in [5, 5.41) is 12.7. The first kappa shape index (κ1) is 16.5. The minimum absolute atomic E-state index is 0.139. The van der Waals surface area contributed by atoms with Gasteiger partial charge in [0.2, 0.25) is 0 Å². The van der Waals surface area contributed by atoms with E-state index >= 15 is 0 Å². The molecule has 0 spiro atoms. The minimum Gasteiger partial charge on any atom is -0.480 e. The highest BCUT2D eigenvalue weighted by Crippen LogP contribution is 2.43. The van der Waals surface area contributed by atoms with Gasteiger partial charge in [-0.1, -0.05) is 48.5 Å². The number of aliphatic carboxylic acids is 1. The van der Waals surface area contributed by atoms with Crippen LogP contribution < -0.4 is 5.09 Å². The molecule has 2 atom stereocenters. The van der Waals surface area contributed by atoms with E-state index in [9.17, 15) is 19.4 Å². The summed E-state index contributed by atoms with van der Waals surface area (Å²) in [4.78, 5) is 24.9. The number of benzene rings is 2. The van der Waals surface area contributed by atoms with Crippen LogP contribution >= 0.6 is 7.52 Å². The molecule has 0 bridgehead atoms. The first-order valence-electron chi connectivity index (χ1n) is 7.39. The number of para-hydroxylation sites is 1. The zero-order valence-electron chi connectivity index (χ0n) is 12.7. The SMILES string of the molecule is O=C(O)C(NP(=O)(O)Cc1ccccc1)c1c[nH]c2ccccc12. The van der Waals surface area contributed by atoms with Gasteiger partial charge in [0.05, 0.1) is 6.16 Å². The van der Waals surface area contributed by atoms with Gasteiger partial charge < -0.3 is 15.0 Å². The second kappa shape index (κ2) is 6.61. The molecule has 0 saturated heterocycles. The lowest BCUT2D eigenvalue weighted by atomic mass is 10.1. The second-order valence-corrected chi connectivity index (χ2v) is 7.51. The average molecular weight is 344 g/mol. The van der Waals surface area contributed by atoms with Crippen molar-refractivity contribution in [1.29, 1.82) is 0 Å². The van der Waals surface area contributed by atoms with Crippen LogP contribution in [0.2, 0.25) is 0 Å². The maximum Gasteiger partial charge on any atom is 0.325 e. The standard InChI is InChI=1S/C17H17N2O4P/c20-17(21)16(14-10-18-15-9-5-4-8-13(14)15)19-24(22,23)11-12-6-2-1-3-7-12/h1-10,16,18H,11H2,(H,20,21)(H2,19,22,23). The highest BCUT2D eigenvalue weighted by atomic mass is 31.2. The molecule has 124 valence electrons. The second-order valence-electron chi connectivity index (χ2n) is 5.54. The molecule has 2 aromatic carbocycles. The van der Waals surface area contributed by atoms with Crippen LogP contribution in [0.3, 0.4) is 0 Å². The molecule has 0 amide bonds. The highest BCUT2D eigenvalue weighted by molar-refractivity contribution is 7.55. The minimum atomic E-state index is -3.89. The van der Waals surface area contributed by atoms with E-state index < -0.39 is 19.5 Å². The van der Waals surface area contributed by atoms with Crippen molar-refractivity contribution in [3.8, 4) is 0 Å². The van der Waals surface area contributed by atoms with Crippen molar-refractivity contribution in [2.45, 2.75) is 12.2 Å². The highest BCUT2D eigenvalue weighted by Gasteiger charge is 2.30. The molecule has 6 nitrogen and oxygen atoms in total. The van der Waals surface area contributed by atoms with Gasteiger partial charge in [-0.3, -0.25) is 9.36 Å². The smallest absolute Gasteiger partial charge is 0.325 e. The summed E-state index contributed by atoms with van der Waals surface area (Å²) >= 11 is 0. The number of hydrogen-bond donors (Lipinski definition) is 4. The van der Waals surface area contributed by atoms with E-state index in [0.29, 0.717) is 16.5 Å². The van der Waals surface area contributed by atoms with Gasteiger partial charge in [0.25, 0.3) is 7.52 Å². The number of rotatable bonds is 6. The summed E-state index contributed by atoms with van der Waals surface area (Å²) in [6.45, 7) is 0. The van der Waals surface area contributed by atoms with Crippen LogP contribution in [0.4, 0.5) is 0 Å². The lowest BCUT2D eigenvalue weighted by molar-refractivity contribution is -0.139. The number of H-pyrrole nitrogens is 1. The van der Waals surface area contributed by atoms with Crippen LogP contribution in [0.25, 0.3) is 10.9 Å². The molecule has 0 aliphatic carbocycles. The number of carboxylic acids is 1. The third kappa shape index (κ3) is 3.57. The van der Waals surface area contributed by atoms with Crippen molar-refractivity contribution in [2.24, 2.45) is 0 Å². The molecule has 4 N–H and O–H groups in total. The van der Waals surface area contributed by atoms with Gasteiger partial charge in [-0.05, 0) is 11.6 Å². The largest absolute Gasteiger partial charge is 0.480 e. The zero-order valence-corrected chi connectivity index (χ0v) is 13.6. The molecular weight excluding hydrogens is 327 g/mol. The van der Waals surface area contributed by atoms with Crippen LogP contribution in [0.1, 0.15) is 17.2 Å². The molecule has 0 aliphatic heterocycles. The Labute approximate surface area is 138 Å². The molecule has 1 heterocycles. The van der Waals surface area contributed by atoms with Crippen molar-refractivity contribution in [3.05, 3.63) is 71.9 Å². The van der Waals surface area contributed by atoms with Gasteiger partial charge >= 0.3 is 5.97 Å². The number of aromatic nitrogens is 1. The predicted octanol–water partition coefficient (Wildman–Crippen LogP) is 3.27. The Morgan fingerprint density at radius 2 is 1.79 bits per heavy atom. The number of hydrogen-bond acceptors (Lipinski definition) is 2. The van der Waals surface area contributed by atoms with Gasteiger partial charge in [-0.15, -0.1) is 0 Å². The molecule has 7 heteroatoms. The third-order valence-electron chi connectivity index (χ3n) is 3.75. The third-order valence-corrected chi connectivity index (χ3v) is 5.21. The van der Waals surface area contributed by atoms with E-state index in [0.717, 1.165) is 5.52 Å². The summed E-state index contributed by atoms with van der Waals surface area (Å²) < 4.78 is 12.5. The van der Waals surface area contributed by atoms with Gasteiger partial charge in [0, 0.05) is 22.7 Å². The average Bonchev–Trinajstić information content (AvgIpc) is 2.97. The lowest BCUT2D eigenvalue weighted by Crippen LogP contribution is -2.26. The Hall–Kier alpha value is -2.40. The van der Waals surface area contributed by atoms with E-state index in [-0.39, 0.29) is 6.16 Å². The number of carboxylic acid groups (broad SMARTS) is 1. The molecule has 0 radical (unpaired) electrons. The molecular formula is C17H17N2O4P. The van der Waals surface area contributed by atoms with Crippen LogP contribution in [-0.4, -0.2) is 21.0 Å². The molecule has 24 heavy (non-hydrogen) atoms. The Kier molecular flexibility index (Phi) is 4.53. The molecule has 2 unspecified atom stereocenters. The fourth-order valence-corrected chi connectivity index (χ4v) is 4.12. The monoisotopic (exact) mass is 344 g/mol. The van der Waals surface area contributed by atoms with Gasteiger partial charge in [0.1, 0.15) is 6.04 Å². The maximum absolute atomic E-state index is 12.5. The van der Waals surface area contributed by atoms with Crippen LogP contribution in [0.5, 0.6) is 0 Å².